The molecule has 0 spiro atoms. The third-order valence-corrected chi connectivity index (χ3v) is 5.07. The fraction of sp³-hybridized carbons (Fsp3) is 0.556. The molecule has 1 unspecified atom stereocenters. The van der Waals surface area contributed by atoms with E-state index in [1.807, 2.05) is 40.0 Å². The first kappa shape index (κ1) is 9.68. The molecule has 2 nitrogen and oxygen atoms in total. The largest absolute Gasteiger partial charge is 0.330 e. The van der Waals surface area contributed by atoms with Crippen molar-refractivity contribution in [3.63, 3.8) is 0 Å². The van der Waals surface area contributed by atoms with Crippen LogP contribution in [-0.4, -0.2) is 9.80 Å². The van der Waals surface area contributed by atoms with Crippen LogP contribution in [0, 0.1) is 0 Å². The molecule has 0 bridgehead atoms. The van der Waals surface area contributed by atoms with Crippen LogP contribution in [0.2, 0.25) is 0 Å². The lowest BCUT2D eigenvalue weighted by molar-refractivity contribution is 0.616. The summed E-state index contributed by atoms with van der Waals surface area (Å²) in [5.74, 6) is 0. The molecule has 0 saturated carbocycles. The lowest BCUT2D eigenvalue weighted by atomic mass is 10.3. The van der Waals surface area contributed by atoms with Gasteiger partial charge < -0.3 is 9.27 Å². The summed E-state index contributed by atoms with van der Waals surface area (Å²) >= 11 is 0. The molecule has 0 fully saturated rings. The van der Waals surface area contributed by atoms with Crippen molar-refractivity contribution in [3.8, 4) is 0 Å². The smallest absolute Gasteiger partial charge is 0.0311 e. The third-order valence-electron chi connectivity index (χ3n) is 1.99. The molecule has 1 aliphatic rings. The SMILES string of the molecule is CC(C)=C1C=CNS1(O)C(C)C. The van der Waals surface area contributed by atoms with E-state index in [1.165, 1.54) is 5.57 Å². The van der Waals surface area contributed by atoms with E-state index in [1.54, 1.807) is 0 Å². The zero-order valence-corrected chi connectivity index (χ0v) is 8.90. The molecule has 0 radical (unpaired) electrons. The highest BCUT2D eigenvalue weighted by molar-refractivity contribution is 8.31. The minimum absolute atomic E-state index is 0.261. The highest BCUT2D eigenvalue weighted by Gasteiger charge is 2.31. The molecule has 0 aromatic carbocycles. The van der Waals surface area contributed by atoms with Crippen LogP contribution >= 0.6 is 10.5 Å². The molecule has 0 aromatic heterocycles. The van der Waals surface area contributed by atoms with Crippen molar-refractivity contribution in [1.82, 2.24) is 4.72 Å². The Balaban J connectivity index is 3.03. The van der Waals surface area contributed by atoms with Gasteiger partial charge in [-0.2, -0.15) is 0 Å². The predicted octanol–water partition coefficient (Wildman–Crippen LogP) is 3.00. The minimum Gasteiger partial charge on any atom is -0.330 e. The Kier molecular flexibility index (Phi) is 2.54. The molecule has 3 heteroatoms. The first-order valence-electron chi connectivity index (χ1n) is 4.14. The van der Waals surface area contributed by atoms with Crippen LogP contribution in [0.4, 0.5) is 0 Å². The van der Waals surface area contributed by atoms with Gasteiger partial charge in [-0.05, 0) is 30.4 Å². The van der Waals surface area contributed by atoms with E-state index >= 15 is 0 Å². The zero-order chi connectivity index (χ0) is 9.35. The fourth-order valence-electron chi connectivity index (χ4n) is 1.25. The number of hydrogen-bond donors (Lipinski definition) is 2. The highest BCUT2D eigenvalue weighted by Crippen LogP contribution is 2.56. The maximum atomic E-state index is 10.3. The Morgan fingerprint density at radius 1 is 1.50 bits per heavy atom. The van der Waals surface area contributed by atoms with Crippen LogP contribution in [0.25, 0.3) is 0 Å². The lowest BCUT2D eigenvalue weighted by Crippen LogP contribution is -2.20. The van der Waals surface area contributed by atoms with Crippen LogP contribution in [0.3, 0.4) is 0 Å². The van der Waals surface area contributed by atoms with Crippen LogP contribution in [-0.2, 0) is 0 Å². The second-order valence-corrected chi connectivity index (χ2v) is 6.36. The molecular formula is C9H17NOS. The second kappa shape index (κ2) is 3.15. The van der Waals surface area contributed by atoms with Crippen LogP contribution < -0.4 is 4.72 Å². The summed E-state index contributed by atoms with van der Waals surface area (Å²) in [5, 5.41) is 0.261. The Morgan fingerprint density at radius 3 is 2.42 bits per heavy atom. The van der Waals surface area contributed by atoms with E-state index in [-0.39, 0.29) is 5.25 Å². The summed E-state index contributed by atoms with van der Waals surface area (Å²) < 4.78 is 13.3. The number of allylic oxidation sites excluding steroid dienone is 2. The first-order chi connectivity index (χ1) is 5.48. The van der Waals surface area contributed by atoms with Crippen molar-refractivity contribution in [3.05, 3.63) is 22.8 Å². The van der Waals surface area contributed by atoms with Gasteiger partial charge in [0.1, 0.15) is 0 Å². The minimum atomic E-state index is -1.74. The third kappa shape index (κ3) is 1.39. The van der Waals surface area contributed by atoms with Gasteiger partial charge in [-0.1, -0.05) is 19.4 Å². The first-order valence-corrected chi connectivity index (χ1v) is 5.79. The summed E-state index contributed by atoms with van der Waals surface area (Å²) in [7, 11) is -1.74. The Hall–Kier alpha value is -0.410. The second-order valence-electron chi connectivity index (χ2n) is 3.49. The van der Waals surface area contributed by atoms with Crippen LogP contribution in [0.5, 0.6) is 0 Å². The Bertz CT molecular complexity index is 241. The predicted molar refractivity (Wildman–Crippen MR) is 56.0 cm³/mol. The Labute approximate surface area is 76.0 Å². The molecule has 0 saturated heterocycles. The number of hydrogen-bond acceptors (Lipinski definition) is 2. The van der Waals surface area contributed by atoms with Crippen molar-refractivity contribution in [2.75, 3.05) is 0 Å². The average molecular weight is 187 g/mol. The molecule has 0 amide bonds. The van der Waals surface area contributed by atoms with E-state index < -0.39 is 10.5 Å². The lowest BCUT2D eigenvalue weighted by Gasteiger charge is -2.36. The molecule has 12 heavy (non-hydrogen) atoms. The van der Waals surface area contributed by atoms with Crippen LogP contribution in [0.1, 0.15) is 27.7 Å². The fourth-order valence-corrected chi connectivity index (χ4v) is 3.33. The van der Waals surface area contributed by atoms with Gasteiger partial charge in [0.15, 0.2) is 0 Å². The standard InChI is InChI=1S/C9H17NOS/c1-7(2)9-5-6-10-12(9,11)8(3)4/h5-6,8,10-11H,1-4H3. The summed E-state index contributed by atoms with van der Waals surface area (Å²) in [4.78, 5) is 1.08. The van der Waals surface area contributed by atoms with E-state index in [0.717, 1.165) is 4.91 Å². The van der Waals surface area contributed by atoms with Crippen molar-refractivity contribution < 1.29 is 4.55 Å². The van der Waals surface area contributed by atoms with Gasteiger partial charge in [0, 0.05) is 16.4 Å². The molecular weight excluding hydrogens is 170 g/mol. The van der Waals surface area contributed by atoms with Gasteiger partial charge >= 0.3 is 0 Å². The number of rotatable bonds is 1. The maximum Gasteiger partial charge on any atom is 0.0311 e. The monoisotopic (exact) mass is 187 g/mol. The average Bonchev–Trinajstić information content (AvgIpc) is 2.32. The zero-order valence-electron chi connectivity index (χ0n) is 8.09. The molecule has 1 aliphatic heterocycles. The van der Waals surface area contributed by atoms with E-state index in [0.29, 0.717) is 0 Å². The van der Waals surface area contributed by atoms with Gasteiger partial charge in [-0.25, -0.2) is 0 Å². The summed E-state index contributed by atoms with van der Waals surface area (Å²) in [6, 6.07) is 0. The highest BCUT2D eigenvalue weighted by atomic mass is 32.3. The Morgan fingerprint density at radius 2 is 2.08 bits per heavy atom. The van der Waals surface area contributed by atoms with E-state index in [2.05, 4.69) is 4.72 Å². The maximum absolute atomic E-state index is 10.3. The topological polar surface area (TPSA) is 32.3 Å². The molecule has 70 valence electrons. The van der Waals surface area contributed by atoms with Crippen molar-refractivity contribution in [1.29, 1.82) is 0 Å². The summed E-state index contributed by atoms with van der Waals surface area (Å²) in [6.07, 6.45) is 3.82. The van der Waals surface area contributed by atoms with E-state index in [9.17, 15) is 4.55 Å². The number of nitrogens with one attached hydrogen (secondary N) is 1. The van der Waals surface area contributed by atoms with Crippen molar-refractivity contribution in [2.24, 2.45) is 0 Å². The summed E-state index contributed by atoms with van der Waals surface area (Å²) in [5.41, 5.74) is 1.20. The quantitative estimate of drug-likeness (QED) is 0.661. The molecule has 0 aliphatic carbocycles. The van der Waals surface area contributed by atoms with Gasteiger partial charge in [0.05, 0.1) is 0 Å². The molecule has 1 rings (SSSR count). The molecule has 1 atom stereocenters. The van der Waals surface area contributed by atoms with E-state index in [4.69, 9.17) is 0 Å². The molecule has 2 N–H and O–H groups in total. The van der Waals surface area contributed by atoms with Crippen LogP contribution in [0.15, 0.2) is 22.8 Å². The van der Waals surface area contributed by atoms with Gasteiger partial charge in [0.25, 0.3) is 0 Å². The van der Waals surface area contributed by atoms with Crippen molar-refractivity contribution in [2.45, 2.75) is 32.9 Å². The van der Waals surface area contributed by atoms with Gasteiger partial charge in [0.2, 0.25) is 0 Å². The normalized spacial score (nSPS) is 33.3. The molecule has 1 heterocycles. The molecule has 0 aromatic rings. The summed E-state index contributed by atoms with van der Waals surface area (Å²) in [6.45, 7) is 8.15. The van der Waals surface area contributed by atoms with Crippen molar-refractivity contribution >= 4 is 10.5 Å². The van der Waals surface area contributed by atoms with Gasteiger partial charge in [-0.3, -0.25) is 0 Å². The van der Waals surface area contributed by atoms with Gasteiger partial charge in [-0.15, -0.1) is 0 Å².